The molecule has 0 spiro atoms. The van der Waals surface area contributed by atoms with Crippen molar-refractivity contribution in [3.8, 4) is 5.75 Å². The van der Waals surface area contributed by atoms with Crippen LogP contribution in [0.1, 0.15) is 18.4 Å². The molecule has 0 N–H and O–H groups in total. The van der Waals surface area contributed by atoms with Crippen molar-refractivity contribution in [1.29, 1.82) is 0 Å². The lowest BCUT2D eigenvalue weighted by Crippen LogP contribution is -1.96. The average molecular weight is 235 g/mol. The molecule has 0 bridgehead atoms. The van der Waals surface area contributed by atoms with Gasteiger partial charge in [-0.3, -0.25) is 0 Å². The van der Waals surface area contributed by atoms with Crippen LogP contribution in [0.5, 0.6) is 5.75 Å². The first-order chi connectivity index (χ1) is 7.79. The van der Waals surface area contributed by atoms with Crippen LogP contribution in [0.25, 0.3) is 0 Å². The van der Waals surface area contributed by atoms with Crippen LogP contribution in [-0.4, -0.2) is 7.11 Å². The standard InChI is InChI=1S/C14H15ClO/c1-16-14-10-13(15)8-7-12(14)9-11-5-3-2-4-6-11/h2-3,5,7-8,10H,4,6,9H2,1H3. The van der Waals surface area contributed by atoms with Gasteiger partial charge in [0.15, 0.2) is 0 Å². The molecule has 2 rings (SSSR count). The molecule has 0 saturated carbocycles. The van der Waals surface area contributed by atoms with Crippen molar-refractivity contribution < 1.29 is 4.74 Å². The van der Waals surface area contributed by atoms with E-state index < -0.39 is 0 Å². The molecule has 84 valence electrons. The molecule has 0 amide bonds. The van der Waals surface area contributed by atoms with Gasteiger partial charge in [-0.25, -0.2) is 0 Å². The summed E-state index contributed by atoms with van der Waals surface area (Å²) in [7, 11) is 1.68. The Morgan fingerprint density at radius 1 is 1.38 bits per heavy atom. The lowest BCUT2D eigenvalue weighted by molar-refractivity contribution is 0.410. The summed E-state index contributed by atoms with van der Waals surface area (Å²) in [5.74, 6) is 0.878. The second kappa shape index (κ2) is 5.22. The Balaban J connectivity index is 2.20. The zero-order chi connectivity index (χ0) is 11.4. The summed E-state index contributed by atoms with van der Waals surface area (Å²) in [6.07, 6.45) is 9.75. The van der Waals surface area contributed by atoms with Gasteiger partial charge in [0.05, 0.1) is 7.11 Å². The number of allylic oxidation sites excluding steroid dienone is 4. The molecule has 1 aromatic rings. The van der Waals surface area contributed by atoms with Gasteiger partial charge in [-0.05, 0) is 37.0 Å². The Hall–Kier alpha value is -1.21. The Morgan fingerprint density at radius 3 is 2.94 bits per heavy atom. The smallest absolute Gasteiger partial charge is 0.123 e. The third-order valence-corrected chi connectivity index (χ3v) is 3.00. The van der Waals surface area contributed by atoms with Gasteiger partial charge in [0, 0.05) is 5.02 Å². The van der Waals surface area contributed by atoms with Gasteiger partial charge in [0.2, 0.25) is 0 Å². The number of ether oxygens (including phenoxy) is 1. The van der Waals surface area contributed by atoms with Crippen LogP contribution in [0.4, 0.5) is 0 Å². The molecule has 16 heavy (non-hydrogen) atoms. The van der Waals surface area contributed by atoms with Crippen molar-refractivity contribution in [2.45, 2.75) is 19.3 Å². The minimum absolute atomic E-state index is 0.720. The van der Waals surface area contributed by atoms with Gasteiger partial charge >= 0.3 is 0 Å². The van der Waals surface area contributed by atoms with E-state index in [9.17, 15) is 0 Å². The maximum Gasteiger partial charge on any atom is 0.123 e. The highest BCUT2D eigenvalue weighted by Gasteiger charge is 2.07. The van der Waals surface area contributed by atoms with Crippen molar-refractivity contribution in [3.63, 3.8) is 0 Å². The zero-order valence-electron chi connectivity index (χ0n) is 9.37. The molecule has 0 fully saturated rings. The largest absolute Gasteiger partial charge is 0.496 e. The minimum Gasteiger partial charge on any atom is -0.496 e. The Kier molecular flexibility index (Phi) is 3.68. The Bertz CT molecular complexity index is 432. The lowest BCUT2D eigenvalue weighted by Gasteiger charge is -2.12. The van der Waals surface area contributed by atoms with Crippen molar-refractivity contribution in [2.75, 3.05) is 7.11 Å². The topological polar surface area (TPSA) is 9.23 Å². The van der Waals surface area contributed by atoms with Gasteiger partial charge in [0.25, 0.3) is 0 Å². The van der Waals surface area contributed by atoms with E-state index in [2.05, 4.69) is 18.2 Å². The summed E-state index contributed by atoms with van der Waals surface area (Å²) < 4.78 is 5.34. The molecular weight excluding hydrogens is 220 g/mol. The third kappa shape index (κ3) is 2.67. The number of benzene rings is 1. The first kappa shape index (κ1) is 11.3. The summed E-state index contributed by atoms with van der Waals surface area (Å²) in [5, 5.41) is 0.720. The van der Waals surface area contributed by atoms with E-state index in [4.69, 9.17) is 16.3 Å². The molecule has 0 saturated heterocycles. The maximum absolute atomic E-state index is 5.93. The highest BCUT2D eigenvalue weighted by atomic mass is 35.5. The Morgan fingerprint density at radius 2 is 2.25 bits per heavy atom. The van der Waals surface area contributed by atoms with E-state index in [1.54, 1.807) is 7.11 Å². The number of hydrogen-bond donors (Lipinski definition) is 0. The van der Waals surface area contributed by atoms with Crippen molar-refractivity contribution in [3.05, 3.63) is 52.6 Å². The fraction of sp³-hybridized carbons (Fsp3) is 0.286. The molecule has 1 aliphatic carbocycles. The fourth-order valence-electron chi connectivity index (χ4n) is 1.91. The third-order valence-electron chi connectivity index (χ3n) is 2.77. The predicted molar refractivity (Wildman–Crippen MR) is 68.2 cm³/mol. The van der Waals surface area contributed by atoms with E-state index in [0.717, 1.165) is 30.0 Å². The molecule has 0 radical (unpaired) electrons. The molecular formula is C14H15ClO. The monoisotopic (exact) mass is 234 g/mol. The highest BCUT2D eigenvalue weighted by molar-refractivity contribution is 6.30. The molecule has 2 heteroatoms. The maximum atomic E-state index is 5.93. The molecule has 0 unspecified atom stereocenters. The first-order valence-corrected chi connectivity index (χ1v) is 5.84. The van der Waals surface area contributed by atoms with Crippen LogP contribution in [0, 0.1) is 0 Å². The van der Waals surface area contributed by atoms with Crippen LogP contribution in [0.15, 0.2) is 42.0 Å². The van der Waals surface area contributed by atoms with E-state index in [1.807, 2.05) is 18.2 Å². The SMILES string of the molecule is COc1cc(Cl)ccc1CC1=CC=CCC1. The van der Waals surface area contributed by atoms with E-state index in [-0.39, 0.29) is 0 Å². The minimum atomic E-state index is 0.720. The molecule has 0 aromatic heterocycles. The molecule has 1 aliphatic rings. The van der Waals surface area contributed by atoms with Crippen molar-refractivity contribution >= 4 is 11.6 Å². The van der Waals surface area contributed by atoms with Gasteiger partial charge in [-0.15, -0.1) is 0 Å². The van der Waals surface area contributed by atoms with Crippen LogP contribution in [0.3, 0.4) is 0 Å². The number of rotatable bonds is 3. The summed E-state index contributed by atoms with van der Waals surface area (Å²) in [5.41, 5.74) is 2.65. The lowest BCUT2D eigenvalue weighted by atomic mass is 9.97. The van der Waals surface area contributed by atoms with Crippen LogP contribution < -0.4 is 4.74 Å². The number of halogens is 1. The van der Waals surface area contributed by atoms with Crippen LogP contribution in [0.2, 0.25) is 5.02 Å². The molecule has 1 nitrogen and oxygen atoms in total. The van der Waals surface area contributed by atoms with Gasteiger partial charge < -0.3 is 4.74 Å². The number of methoxy groups -OCH3 is 1. The fourth-order valence-corrected chi connectivity index (χ4v) is 2.07. The second-order valence-electron chi connectivity index (χ2n) is 3.92. The second-order valence-corrected chi connectivity index (χ2v) is 4.36. The van der Waals surface area contributed by atoms with Gasteiger partial charge in [-0.2, -0.15) is 0 Å². The summed E-state index contributed by atoms with van der Waals surface area (Å²) >= 11 is 5.93. The van der Waals surface area contributed by atoms with E-state index in [0.29, 0.717) is 0 Å². The van der Waals surface area contributed by atoms with Crippen LogP contribution in [-0.2, 0) is 6.42 Å². The van der Waals surface area contributed by atoms with E-state index >= 15 is 0 Å². The molecule has 0 heterocycles. The zero-order valence-corrected chi connectivity index (χ0v) is 10.1. The molecule has 1 aromatic carbocycles. The van der Waals surface area contributed by atoms with Crippen LogP contribution >= 0.6 is 11.6 Å². The normalized spacial score (nSPS) is 14.8. The summed E-state index contributed by atoms with van der Waals surface area (Å²) in [6.45, 7) is 0. The van der Waals surface area contributed by atoms with Crippen molar-refractivity contribution in [2.24, 2.45) is 0 Å². The Labute approximate surface area is 101 Å². The van der Waals surface area contributed by atoms with Gasteiger partial charge in [-0.1, -0.05) is 41.5 Å². The molecule has 0 aliphatic heterocycles. The highest BCUT2D eigenvalue weighted by Crippen LogP contribution is 2.27. The van der Waals surface area contributed by atoms with Crippen molar-refractivity contribution in [1.82, 2.24) is 0 Å². The molecule has 0 atom stereocenters. The number of hydrogen-bond acceptors (Lipinski definition) is 1. The summed E-state index contributed by atoms with van der Waals surface area (Å²) in [6, 6.07) is 5.83. The van der Waals surface area contributed by atoms with E-state index in [1.165, 1.54) is 11.1 Å². The average Bonchev–Trinajstić information content (AvgIpc) is 2.33. The van der Waals surface area contributed by atoms with Gasteiger partial charge in [0.1, 0.15) is 5.75 Å². The summed E-state index contributed by atoms with van der Waals surface area (Å²) in [4.78, 5) is 0. The predicted octanol–water partition coefficient (Wildman–Crippen LogP) is 4.17. The first-order valence-electron chi connectivity index (χ1n) is 5.46. The quantitative estimate of drug-likeness (QED) is 0.763.